The van der Waals surface area contributed by atoms with Gasteiger partial charge >= 0.3 is 5.97 Å². The number of hydrogen-bond donors (Lipinski definition) is 1. The monoisotopic (exact) mass is 336 g/mol. The van der Waals surface area contributed by atoms with Crippen LogP contribution in [0, 0.1) is 11.3 Å². The molecule has 0 bridgehead atoms. The minimum atomic E-state index is -0.981. The van der Waals surface area contributed by atoms with Crippen LogP contribution in [0.15, 0.2) is 35.1 Å². The summed E-state index contributed by atoms with van der Waals surface area (Å²) < 4.78 is 1.67. The smallest absolute Gasteiger partial charge is 0.337 e. The molecule has 0 radical (unpaired) electrons. The Labute approximate surface area is 146 Å². The Kier molecular flexibility index (Phi) is 4.71. The van der Waals surface area contributed by atoms with Gasteiger partial charge < -0.3 is 9.67 Å². The predicted molar refractivity (Wildman–Crippen MR) is 93.9 cm³/mol. The van der Waals surface area contributed by atoms with Crippen LogP contribution in [0.2, 0.25) is 0 Å². The van der Waals surface area contributed by atoms with Crippen LogP contribution in [0.4, 0.5) is 0 Å². The highest BCUT2D eigenvalue weighted by Crippen LogP contribution is 2.31. The van der Waals surface area contributed by atoms with Crippen LogP contribution < -0.4 is 5.56 Å². The molecule has 2 aromatic rings. The van der Waals surface area contributed by atoms with Gasteiger partial charge in [0.15, 0.2) is 0 Å². The SMILES string of the molecule is CCC1CCCn2c1c(C(=O)O)cc(Cc1ccc(C#N)cc1)c2=O. The third-order valence-electron chi connectivity index (χ3n) is 4.93. The maximum atomic E-state index is 12.9. The normalized spacial score (nSPS) is 16.1. The molecule has 1 atom stereocenters. The van der Waals surface area contributed by atoms with E-state index in [2.05, 4.69) is 6.07 Å². The second-order valence-corrected chi connectivity index (χ2v) is 6.46. The first-order valence-electron chi connectivity index (χ1n) is 8.54. The van der Waals surface area contributed by atoms with Gasteiger partial charge in [0.05, 0.1) is 17.2 Å². The number of carboxylic acids is 1. The van der Waals surface area contributed by atoms with Crippen molar-refractivity contribution in [3.8, 4) is 6.07 Å². The summed E-state index contributed by atoms with van der Waals surface area (Å²) in [6, 6.07) is 10.6. The molecule has 0 saturated heterocycles. The average molecular weight is 336 g/mol. The first-order valence-corrected chi connectivity index (χ1v) is 8.54. The van der Waals surface area contributed by atoms with E-state index in [0.29, 0.717) is 29.8 Å². The van der Waals surface area contributed by atoms with E-state index in [1.807, 2.05) is 6.92 Å². The van der Waals surface area contributed by atoms with Crippen molar-refractivity contribution in [2.45, 2.75) is 45.1 Å². The fourth-order valence-electron chi connectivity index (χ4n) is 3.65. The van der Waals surface area contributed by atoms with Crippen molar-refractivity contribution in [1.82, 2.24) is 4.57 Å². The summed E-state index contributed by atoms with van der Waals surface area (Å²) in [5.74, 6) is -0.860. The zero-order valence-corrected chi connectivity index (χ0v) is 14.2. The minimum Gasteiger partial charge on any atom is -0.478 e. The van der Waals surface area contributed by atoms with E-state index in [1.165, 1.54) is 0 Å². The molecule has 128 valence electrons. The van der Waals surface area contributed by atoms with Gasteiger partial charge in [0.25, 0.3) is 5.56 Å². The molecule has 0 saturated carbocycles. The van der Waals surface area contributed by atoms with Crippen molar-refractivity contribution in [3.05, 3.63) is 68.6 Å². The Morgan fingerprint density at radius 2 is 2.08 bits per heavy atom. The average Bonchev–Trinajstić information content (AvgIpc) is 2.63. The summed E-state index contributed by atoms with van der Waals surface area (Å²) in [4.78, 5) is 24.7. The van der Waals surface area contributed by atoms with Gasteiger partial charge in [-0.25, -0.2) is 4.79 Å². The summed E-state index contributed by atoms with van der Waals surface area (Å²) in [6.07, 6.45) is 3.01. The van der Waals surface area contributed by atoms with E-state index < -0.39 is 5.97 Å². The molecular weight excluding hydrogens is 316 g/mol. The molecular formula is C20H20N2O3. The van der Waals surface area contributed by atoms with Gasteiger partial charge in [0, 0.05) is 24.2 Å². The maximum Gasteiger partial charge on any atom is 0.337 e. The highest BCUT2D eigenvalue weighted by molar-refractivity contribution is 5.89. The second-order valence-electron chi connectivity index (χ2n) is 6.46. The second kappa shape index (κ2) is 6.94. The lowest BCUT2D eigenvalue weighted by molar-refractivity contribution is 0.0692. The molecule has 2 heterocycles. The number of pyridine rings is 1. The molecule has 1 aromatic carbocycles. The number of nitriles is 1. The lowest BCUT2D eigenvalue weighted by atomic mass is 9.88. The number of aromatic nitrogens is 1. The standard InChI is InChI=1S/C20H20N2O3/c1-2-15-4-3-9-22-18(15)17(20(24)25)11-16(19(22)23)10-13-5-7-14(12-21)8-6-13/h5-8,11,15H,2-4,9-10H2,1H3,(H,24,25). The number of hydrogen-bond acceptors (Lipinski definition) is 3. The van der Waals surface area contributed by atoms with Crippen molar-refractivity contribution < 1.29 is 9.90 Å². The highest BCUT2D eigenvalue weighted by Gasteiger charge is 2.27. The molecule has 0 amide bonds. The van der Waals surface area contributed by atoms with E-state index >= 15 is 0 Å². The maximum absolute atomic E-state index is 12.9. The van der Waals surface area contributed by atoms with E-state index in [-0.39, 0.29) is 17.0 Å². The Morgan fingerprint density at radius 1 is 1.36 bits per heavy atom. The molecule has 1 aliphatic rings. The third-order valence-corrected chi connectivity index (χ3v) is 4.93. The number of aromatic carboxylic acids is 1. The van der Waals surface area contributed by atoms with Crippen molar-refractivity contribution in [2.75, 3.05) is 0 Å². The zero-order valence-electron chi connectivity index (χ0n) is 14.2. The minimum absolute atomic E-state index is 0.0949. The van der Waals surface area contributed by atoms with Crippen LogP contribution in [-0.4, -0.2) is 15.6 Å². The first kappa shape index (κ1) is 17.0. The number of carboxylic acid groups (broad SMARTS) is 1. The molecule has 0 aliphatic carbocycles. The van der Waals surface area contributed by atoms with Crippen molar-refractivity contribution in [1.29, 1.82) is 5.26 Å². The van der Waals surface area contributed by atoms with Gasteiger partial charge in [-0.2, -0.15) is 5.26 Å². The number of rotatable bonds is 4. The van der Waals surface area contributed by atoms with Gasteiger partial charge in [0.2, 0.25) is 0 Å². The molecule has 1 unspecified atom stereocenters. The molecule has 5 heteroatoms. The van der Waals surface area contributed by atoms with E-state index in [0.717, 1.165) is 24.8 Å². The molecule has 3 rings (SSSR count). The molecule has 1 N–H and O–H groups in total. The molecule has 0 fully saturated rings. The van der Waals surface area contributed by atoms with E-state index in [1.54, 1.807) is 34.9 Å². The molecule has 1 aliphatic heterocycles. The van der Waals surface area contributed by atoms with Gasteiger partial charge in [-0.15, -0.1) is 0 Å². The van der Waals surface area contributed by atoms with Crippen LogP contribution in [0.5, 0.6) is 0 Å². The molecule has 5 nitrogen and oxygen atoms in total. The lowest BCUT2D eigenvalue weighted by Crippen LogP contribution is -2.33. The highest BCUT2D eigenvalue weighted by atomic mass is 16.4. The summed E-state index contributed by atoms with van der Waals surface area (Å²) in [6.45, 7) is 2.60. The summed E-state index contributed by atoms with van der Waals surface area (Å²) in [5, 5.41) is 18.5. The predicted octanol–water partition coefficient (Wildman–Crippen LogP) is 3.30. The molecule has 25 heavy (non-hydrogen) atoms. The van der Waals surface area contributed by atoms with E-state index in [9.17, 15) is 14.7 Å². The fraction of sp³-hybridized carbons (Fsp3) is 0.350. The summed E-state index contributed by atoms with van der Waals surface area (Å²) in [7, 11) is 0. The fourth-order valence-corrected chi connectivity index (χ4v) is 3.65. The van der Waals surface area contributed by atoms with Crippen LogP contribution in [0.1, 0.15) is 64.8 Å². The third kappa shape index (κ3) is 3.20. The summed E-state index contributed by atoms with van der Waals surface area (Å²) >= 11 is 0. The number of fused-ring (bicyclic) bond motifs is 1. The summed E-state index contributed by atoms with van der Waals surface area (Å²) in [5.41, 5.74) is 2.76. The lowest BCUT2D eigenvalue weighted by Gasteiger charge is -2.28. The largest absolute Gasteiger partial charge is 0.478 e. The van der Waals surface area contributed by atoms with Crippen LogP contribution >= 0.6 is 0 Å². The van der Waals surface area contributed by atoms with Gasteiger partial charge in [-0.05, 0) is 48.9 Å². The van der Waals surface area contributed by atoms with Gasteiger partial charge in [-0.3, -0.25) is 4.79 Å². The van der Waals surface area contributed by atoms with E-state index in [4.69, 9.17) is 5.26 Å². The van der Waals surface area contributed by atoms with Gasteiger partial charge in [-0.1, -0.05) is 19.1 Å². The topological polar surface area (TPSA) is 83.1 Å². The van der Waals surface area contributed by atoms with Gasteiger partial charge in [0.1, 0.15) is 0 Å². The molecule has 1 aromatic heterocycles. The Hall–Kier alpha value is -2.87. The number of nitrogens with zero attached hydrogens (tertiary/aromatic N) is 2. The van der Waals surface area contributed by atoms with Crippen LogP contribution in [0.3, 0.4) is 0 Å². The van der Waals surface area contributed by atoms with Crippen molar-refractivity contribution in [2.24, 2.45) is 0 Å². The Balaban J connectivity index is 2.09. The first-order chi connectivity index (χ1) is 12.0. The quantitative estimate of drug-likeness (QED) is 0.928. The molecule has 0 spiro atoms. The van der Waals surface area contributed by atoms with Crippen LogP contribution in [0.25, 0.3) is 0 Å². The van der Waals surface area contributed by atoms with Crippen LogP contribution in [-0.2, 0) is 13.0 Å². The number of benzene rings is 1. The Bertz CT molecular complexity index is 904. The van der Waals surface area contributed by atoms with Crippen molar-refractivity contribution >= 4 is 5.97 Å². The Morgan fingerprint density at radius 3 is 2.68 bits per heavy atom. The van der Waals surface area contributed by atoms with Crippen molar-refractivity contribution in [3.63, 3.8) is 0 Å². The zero-order chi connectivity index (χ0) is 18.0. The number of carbonyl (C=O) groups is 1.